The molecule has 116 valence electrons. The highest BCUT2D eigenvalue weighted by Gasteiger charge is 2.31. The van der Waals surface area contributed by atoms with E-state index in [1.165, 1.54) is 0 Å². The summed E-state index contributed by atoms with van der Waals surface area (Å²) in [5.41, 5.74) is 0.671. The van der Waals surface area contributed by atoms with Gasteiger partial charge in [-0.25, -0.2) is 0 Å². The van der Waals surface area contributed by atoms with Crippen molar-refractivity contribution < 1.29 is 9.53 Å². The number of piperazine rings is 1. The molecule has 1 aliphatic heterocycles. The van der Waals surface area contributed by atoms with Crippen LogP contribution in [0.5, 0.6) is 0 Å². The minimum Gasteiger partial charge on any atom is -0.385 e. The van der Waals surface area contributed by atoms with Gasteiger partial charge in [-0.2, -0.15) is 0 Å². The molecule has 0 aromatic carbocycles. The number of methoxy groups -OCH3 is 1. The molecule has 1 saturated heterocycles. The van der Waals surface area contributed by atoms with Crippen LogP contribution in [0.1, 0.15) is 30.6 Å². The second kappa shape index (κ2) is 7.52. The molecular weight excluding hydrogens is 266 g/mol. The fourth-order valence-electron chi connectivity index (χ4n) is 3.03. The van der Waals surface area contributed by atoms with Crippen LogP contribution in [0.25, 0.3) is 0 Å². The third kappa shape index (κ3) is 4.02. The lowest BCUT2D eigenvalue weighted by Gasteiger charge is -2.44. The Morgan fingerprint density at radius 3 is 2.67 bits per heavy atom. The van der Waals surface area contributed by atoms with E-state index in [1.54, 1.807) is 25.6 Å². The number of hydrogen-bond donors (Lipinski definition) is 0. The lowest BCUT2D eigenvalue weighted by Crippen LogP contribution is -2.58. The van der Waals surface area contributed by atoms with Gasteiger partial charge >= 0.3 is 0 Å². The molecule has 1 fully saturated rings. The Hall–Kier alpha value is -1.46. The first-order chi connectivity index (χ1) is 10.1. The van der Waals surface area contributed by atoms with E-state index < -0.39 is 0 Å². The zero-order valence-electron chi connectivity index (χ0n) is 13.2. The molecule has 5 heteroatoms. The Morgan fingerprint density at radius 2 is 2.10 bits per heavy atom. The number of carbonyl (C=O) groups excluding carboxylic acids is 1. The highest BCUT2D eigenvalue weighted by atomic mass is 16.5. The predicted octanol–water partition coefficient (Wildman–Crippen LogP) is 1.65. The summed E-state index contributed by atoms with van der Waals surface area (Å²) in [6.07, 6.45) is 4.36. The van der Waals surface area contributed by atoms with Crippen molar-refractivity contribution in [1.82, 2.24) is 14.8 Å². The Balaban J connectivity index is 1.96. The molecule has 2 atom stereocenters. The van der Waals surface area contributed by atoms with Gasteiger partial charge in [-0.05, 0) is 32.4 Å². The standard InChI is InChI=1S/C16H25N3O2/c1-13-11-18(16(20)15-6-4-7-17-10-15)12-14(2)19(13)8-5-9-21-3/h4,6-7,10,13-14H,5,8-9,11-12H2,1-3H3. The smallest absolute Gasteiger partial charge is 0.255 e. The van der Waals surface area contributed by atoms with E-state index in [4.69, 9.17) is 4.74 Å². The van der Waals surface area contributed by atoms with E-state index in [0.717, 1.165) is 32.7 Å². The third-order valence-electron chi connectivity index (χ3n) is 4.06. The molecule has 0 spiro atoms. The van der Waals surface area contributed by atoms with Gasteiger partial charge in [-0.1, -0.05) is 0 Å². The fourth-order valence-corrected chi connectivity index (χ4v) is 3.03. The molecule has 0 N–H and O–H groups in total. The van der Waals surface area contributed by atoms with Gasteiger partial charge in [-0.15, -0.1) is 0 Å². The van der Waals surface area contributed by atoms with E-state index >= 15 is 0 Å². The predicted molar refractivity (Wildman–Crippen MR) is 82.3 cm³/mol. The second-order valence-electron chi connectivity index (χ2n) is 5.73. The van der Waals surface area contributed by atoms with Crippen LogP contribution < -0.4 is 0 Å². The molecule has 1 aliphatic rings. The first-order valence-corrected chi connectivity index (χ1v) is 7.57. The third-order valence-corrected chi connectivity index (χ3v) is 4.06. The van der Waals surface area contributed by atoms with E-state index in [1.807, 2.05) is 11.0 Å². The number of nitrogens with zero attached hydrogens (tertiary/aromatic N) is 3. The van der Waals surface area contributed by atoms with Gasteiger partial charge in [-0.3, -0.25) is 14.7 Å². The zero-order chi connectivity index (χ0) is 15.2. The zero-order valence-corrected chi connectivity index (χ0v) is 13.2. The van der Waals surface area contributed by atoms with Crippen molar-refractivity contribution in [2.75, 3.05) is 33.4 Å². The molecule has 5 nitrogen and oxygen atoms in total. The quantitative estimate of drug-likeness (QED) is 0.774. The van der Waals surface area contributed by atoms with Crippen molar-refractivity contribution in [2.45, 2.75) is 32.4 Å². The first kappa shape index (κ1) is 15.9. The van der Waals surface area contributed by atoms with E-state index in [0.29, 0.717) is 17.6 Å². The van der Waals surface area contributed by atoms with Crippen molar-refractivity contribution in [3.05, 3.63) is 30.1 Å². The summed E-state index contributed by atoms with van der Waals surface area (Å²) in [6.45, 7) is 7.72. The van der Waals surface area contributed by atoms with E-state index in [2.05, 4.69) is 23.7 Å². The molecule has 21 heavy (non-hydrogen) atoms. The Labute approximate surface area is 126 Å². The van der Waals surface area contributed by atoms with Crippen LogP contribution in [0.4, 0.5) is 0 Å². The highest BCUT2D eigenvalue weighted by Crippen LogP contribution is 2.18. The van der Waals surface area contributed by atoms with Gasteiger partial charge in [0.2, 0.25) is 0 Å². The van der Waals surface area contributed by atoms with Crippen molar-refractivity contribution in [3.8, 4) is 0 Å². The minimum atomic E-state index is 0.0818. The van der Waals surface area contributed by atoms with E-state index in [9.17, 15) is 4.79 Å². The summed E-state index contributed by atoms with van der Waals surface area (Å²) in [5.74, 6) is 0.0818. The first-order valence-electron chi connectivity index (χ1n) is 7.57. The van der Waals surface area contributed by atoms with Gasteiger partial charge in [0.15, 0.2) is 0 Å². The number of pyridine rings is 1. The van der Waals surface area contributed by atoms with Gasteiger partial charge in [0.05, 0.1) is 5.56 Å². The number of hydrogen-bond acceptors (Lipinski definition) is 4. The molecule has 0 aliphatic carbocycles. The van der Waals surface area contributed by atoms with Crippen molar-refractivity contribution in [3.63, 3.8) is 0 Å². The maximum absolute atomic E-state index is 12.5. The molecule has 0 saturated carbocycles. The monoisotopic (exact) mass is 291 g/mol. The fraction of sp³-hybridized carbons (Fsp3) is 0.625. The number of carbonyl (C=O) groups is 1. The largest absolute Gasteiger partial charge is 0.385 e. The van der Waals surface area contributed by atoms with Crippen LogP contribution in [-0.4, -0.2) is 66.1 Å². The van der Waals surface area contributed by atoms with Gasteiger partial charge in [0.25, 0.3) is 5.91 Å². The molecule has 0 bridgehead atoms. The Morgan fingerprint density at radius 1 is 1.38 bits per heavy atom. The summed E-state index contributed by atoms with van der Waals surface area (Å²) in [4.78, 5) is 20.9. The number of aromatic nitrogens is 1. The van der Waals surface area contributed by atoms with E-state index in [-0.39, 0.29) is 5.91 Å². The number of ether oxygens (including phenoxy) is 1. The van der Waals surface area contributed by atoms with Crippen LogP contribution in [0.15, 0.2) is 24.5 Å². The average molecular weight is 291 g/mol. The van der Waals surface area contributed by atoms with Gasteiger partial charge < -0.3 is 9.64 Å². The molecule has 2 unspecified atom stereocenters. The topological polar surface area (TPSA) is 45.7 Å². The minimum absolute atomic E-state index is 0.0818. The molecule has 1 amide bonds. The van der Waals surface area contributed by atoms with Gasteiger partial charge in [0.1, 0.15) is 0 Å². The van der Waals surface area contributed by atoms with Gasteiger partial charge in [0, 0.05) is 57.8 Å². The second-order valence-corrected chi connectivity index (χ2v) is 5.73. The maximum Gasteiger partial charge on any atom is 0.255 e. The molecule has 0 radical (unpaired) electrons. The molecule has 1 aromatic heterocycles. The summed E-state index contributed by atoms with van der Waals surface area (Å²) < 4.78 is 5.12. The molecule has 1 aromatic rings. The maximum atomic E-state index is 12.5. The van der Waals surface area contributed by atoms with Crippen molar-refractivity contribution >= 4 is 5.91 Å². The highest BCUT2D eigenvalue weighted by molar-refractivity contribution is 5.94. The van der Waals surface area contributed by atoms with Crippen molar-refractivity contribution in [2.24, 2.45) is 0 Å². The number of amides is 1. The summed E-state index contributed by atoms with van der Waals surface area (Å²) in [5, 5.41) is 0. The Kier molecular flexibility index (Phi) is 5.70. The summed E-state index contributed by atoms with van der Waals surface area (Å²) >= 11 is 0. The SMILES string of the molecule is COCCCN1C(C)CN(C(=O)c2cccnc2)CC1C. The van der Waals surface area contributed by atoms with Crippen LogP contribution in [0, 0.1) is 0 Å². The van der Waals surface area contributed by atoms with Crippen LogP contribution in [-0.2, 0) is 4.74 Å². The van der Waals surface area contributed by atoms with Crippen LogP contribution in [0.3, 0.4) is 0 Å². The normalized spacial score (nSPS) is 23.3. The van der Waals surface area contributed by atoms with Crippen LogP contribution in [0.2, 0.25) is 0 Å². The Bertz CT molecular complexity index is 440. The average Bonchev–Trinajstić information content (AvgIpc) is 2.50. The lowest BCUT2D eigenvalue weighted by atomic mass is 10.1. The molecule has 2 heterocycles. The lowest BCUT2D eigenvalue weighted by molar-refractivity contribution is 0.0270. The molecular formula is C16H25N3O2. The molecule has 2 rings (SSSR count). The number of rotatable bonds is 5. The summed E-state index contributed by atoms with van der Waals surface area (Å²) in [7, 11) is 1.73. The summed E-state index contributed by atoms with van der Waals surface area (Å²) in [6, 6.07) is 4.37. The van der Waals surface area contributed by atoms with Crippen LogP contribution >= 0.6 is 0 Å². The van der Waals surface area contributed by atoms with Crippen molar-refractivity contribution in [1.29, 1.82) is 0 Å².